The van der Waals surface area contributed by atoms with Crippen LogP contribution < -0.4 is 19.6 Å². The van der Waals surface area contributed by atoms with Crippen molar-refractivity contribution in [1.29, 1.82) is 0 Å². The van der Waals surface area contributed by atoms with Crippen LogP contribution in [0.3, 0.4) is 0 Å². The molecule has 3 heterocycles. The fourth-order valence-electron chi connectivity index (χ4n) is 4.15. The average molecular weight is 547 g/mol. The van der Waals surface area contributed by atoms with Crippen LogP contribution in [0.15, 0.2) is 93.2 Å². The number of hydrogen-bond acceptors (Lipinski definition) is 8. The average Bonchev–Trinajstić information content (AvgIpc) is 3.57. The molecule has 7 nitrogen and oxygen atoms in total. The summed E-state index contributed by atoms with van der Waals surface area (Å²) in [6, 6.07) is 20.8. The van der Waals surface area contributed by atoms with Crippen molar-refractivity contribution >= 4 is 34.7 Å². The van der Waals surface area contributed by atoms with Gasteiger partial charge in [0.05, 0.1) is 22.4 Å². The fourth-order valence-corrected chi connectivity index (χ4v) is 6.02. The summed E-state index contributed by atoms with van der Waals surface area (Å²) in [5, 5.41) is 1.93. The number of ether oxygens (including phenoxy) is 3. The number of nitrogens with zero attached hydrogens (tertiary/aromatic N) is 2. The van der Waals surface area contributed by atoms with Gasteiger partial charge in [-0.15, -0.1) is 11.3 Å². The lowest BCUT2D eigenvalue weighted by atomic mass is 10.0. The van der Waals surface area contributed by atoms with Crippen LogP contribution >= 0.6 is 22.7 Å². The van der Waals surface area contributed by atoms with Gasteiger partial charge in [-0.05, 0) is 47.7 Å². The molecule has 38 heavy (non-hydrogen) atoms. The number of benzene rings is 2. The first-order valence-electron chi connectivity index (χ1n) is 12.0. The zero-order valence-corrected chi connectivity index (χ0v) is 22.6. The van der Waals surface area contributed by atoms with E-state index in [2.05, 4.69) is 4.99 Å². The molecular formula is C29H26N2O5S2. The van der Waals surface area contributed by atoms with Gasteiger partial charge in [0.15, 0.2) is 4.80 Å². The van der Waals surface area contributed by atoms with Crippen molar-refractivity contribution in [2.45, 2.75) is 19.6 Å². The number of fused-ring (bicyclic) bond motifs is 1. The second-order valence-electron chi connectivity index (χ2n) is 8.57. The van der Waals surface area contributed by atoms with E-state index in [9.17, 15) is 9.59 Å². The Balaban J connectivity index is 1.45. The lowest BCUT2D eigenvalue weighted by Crippen LogP contribution is -2.39. The molecule has 1 aliphatic heterocycles. The van der Waals surface area contributed by atoms with Crippen LogP contribution in [0.2, 0.25) is 0 Å². The van der Waals surface area contributed by atoms with Crippen LogP contribution in [0.4, 0.5) is 0 Å². The Morgan fingerprint density at radius 3 is 2.55 bits per heavy atom. The number of carbonyl (C=O) groups excluding carboxylic acids is 1. The second kappa shape index (κ2) is 11.7. The molecule has 2 aromatic carbocycles. The number of aromatic nitrogens is 1. The molecule has 0 N–H and O–H groups in total. The van der Waals surface area contributed by atoms with Gasteiger partial charge in [0.25, 0.3) is 5.56 Å². The third kappa shape index (κ3) is 5.55. The molecule has 0 saturated heterocycles. The SMILES string of the molecule is COCCOC(=O)C1=C(C)N=c2s/c(=C\c3ccc(OCc4ccccc4)cc3)c(=O)n2[C@@H]1c1cccs1. The van der Waals surface area contributed by atoms with E-state index in [4.69, 9.17) is 14.2 Å². The summed E-state index contributed by atoms with van der Waals surface area (Å²) in [7, 11) is 1.54. The Hall–Kier alpha value is -3.79. The van der Waals surface area contributed by atoms with Crippen molar-refractivity contribution in [2.75, 3.05) is 20.3 Å². The lowest BCUT2D eigenvalue weighted by Gasteiger charge is -2.23. The molecule has 0 unspecified atom stereocenters. The van der Waals surface area contributed by atoms with Gasteiger partial charge in [-0.3, -0.25) is 9.36 Å². The second-order valence-corrected chi connectivity index (χ2v) is 10.6. The molecule has 0 saturated carbocycles. The van der Waals surface area contributed by atoms with E-state index in [1.165, 1.54) is 22.7 Å². The molecule has 0 bridgehead atoms. The molecule has 9 heteroatoms. The first kappa shape index (κ1) is 25.8. The molecule has 0 aliphatic carbocycles. The number of hydrogen-bond donors (Lipinski definition) is 0. The normalized spacial score (nSPS) is 15.2. The number of carbonyl (C=O) groups is 1. The van der Waals surface area contributed by atoms with Gasteiger partial charge in [0, 0.05) is 12.0 Å². The van der Waals surface area contributed by atoms with Crippen LogP contribution in [0, 0.1) is 0 Å². The number of methoxy groups -OCH3 is 1. The highest BCUT2D eigenvalue weighted by Crippen LogP contribution is 2.33. The molecule has 2 aromatic heterocycles. The maximum Gasteiger partial charge on any atom is 0.338 e. The summed E-state index contributed by atoms with van der Waals surface area (Å²) in [6.07, 6.45) is 1.84. The fraction of sp³-hybridized carbons (Fsp3) is 0.207. The van der Waals surface area contributed by atoms with Crippen molar-refractivity contribution < 1.29 is 19.0 Å². The smallest absolute Gasteiger partial charge is 0.338 e. The van der Waals surface area contributed by atoms with Crippen molar-refractivity contribution in [1.82, 2.24) is 4.57 Å². The Bertz CT molecular complexity index is 1620. The van der Waals surface area contributed by atoms with Crippen LogP contribution in [-0.2, 0) is 20.9 Å². The van der Waals surface area contributed by atoms with Crippen LogP contribution in [0.1, 0.15) is 29.0 Å². The van der Waals surface area contributed by atoms with Crippen molar-refractivity contribution in [3.63, 3.8) is 0 Å². The molecule has 0 radical (unpaired) electrons. The number of thiophene rings is 1. The summed E-state index contributed by atoms with van der Waals surface area (Å²) >= 11 is 2.79. The summed E-state index contributed by atoms with van der Waals surface area (Å²) in [5.41, 5.74) is 2.66. The lowest BCUT2D eigenvalue weighted by molar-refractivity contribution is -0.140. The zero-order valence-electron chi connectivity index (χ0n) is 21.0. The third-order valence-corrected chi connectivity index (χ3v) is 7.91. The minimum atomic E-state index is -0.600. The number of allylic oxidation sites excluding steroid dienone is 1. The van der Waals surface area contributed by atoms with Crippen molar-refractivity contribution in [3.8, 4) is 5.75 Å². The van der Waals surface area contributed by atoms with Gasteiger partial charge >= 0.3 is 5.97 Å². The van der Waals surface area contributed by atoms with E-state index in [0.717, 1.165) is 21.8 Å². The monoisotopic (exact) mass is 546 g/mol. The first-order valence-corrected chi connectivity index (χ1v) is 13.7. The highest BCUT2D eigenvalue weighted by Gasteiger charge is 2.34. The topological polar surface area (TPSA) is 79.1 Å². The maximum absolute atomic E-state index is 13.7. The van der Waals surface area contributed by atoms with E-state index in [-0.39, 0.29) is 18.8 Å². The molecule has 4 aromatic rings. The number of thiazole rings is 1. The predicted octanol–water partition coefficient (Wildman–Crippen LogP) is 4.07. The molecule has 194 valence electrons. The first-order chi connectivity index (χ1) is 18.5. The van der Waals surface area contributed by atoms with Gasteiger partial charge in [-0.2, -0.15) is 0 Å². The van der Waals surface area contributed by atoms with E-state index >= 15 is 0 Å². The molecule has 1 atom stereocenters. The molecule has 5 rings (SSSR count). The molecule has 1 aliphatic rings. The Labute approximate surface area is 227 Å². The van der Waals surface area contributed by atoms with Crippen molar-refractivity contribution in [3.05, 3.63) is 119 Å². The van der Waals surface area contributed by atoms with Gasteiger partial charge in [-0.25, -0.2) is 9.79 Å². The summed E-state index contributed by atoms with van der Waals surface area (Å²) in [5.74, 6) is 0.250. The summed E-state index contributed by atoms with van der Waals surface area (Å²) in [4.78, 5) is 32.7. The molecular weight excluding hydrogens is 520 g/mol. The summed E-state index contributed by atoms with van der Waals surface area (Å²) in [6.45, 7) is 2.67. The van der Waals surface area contributed by atoms with Crippen molar-refractivity contribution in [2.24, 2.45) is 4.99 Å². The van der Waals surface area contributed by atoms with Gasteiger partial charge < -0.3 is 14.2 Å². The Morgan fingerprint density at radius 2 is 1.84 bits per heavy atom. The Kier molecular flexibility index (Phi) is 7.97. The molecule has 0 fully saturated rings. The third-order valence-electron chi connectivity index (χ3n) is 6.00. The van der Waals surface area contributed by atoms with Gasteiger partial charge in [0.2, 0.25) is 0 Å². The molecule has 0 spiro atoms. The standard InChI is InChI=1S/C29H26N2O5S2/c1-19-25(28(33)35-15-14-34-2)26(23-9-6-16-37-23)31-27(32)24(38-29(31)30-19)17-20-10-12-22(13-11-20)36-18-21-7-4-3-5-8-21/h3-13,16-17,26H,14-15,18H2,1-2H3/b24-17-/t26-/m1/s1. The number of esters is 1. The van der Waals surface area contributed by atoms with E-state index in [1.807, 2.05) is 78.2 Å². The highest BCUT2D eigenvalue weighted by atomic mass is 32.1. The van der Waals surface area contributed by atoms with Crippen LogP contribution in [0.5, 0.6) is 5.75 Å². The zero-order chi connectivity index (χ0) is 26.5. The predicted molar refractivity (Wildman–Crippen MR) is 148 cm³/mol. The van der Waals surface area contributed by atoms with Gasteiger partial charge in [-0.1, -0.05) is 59.9 Å². The van der Waals surface area contributed by atoms with E-state index in [0.29, 0.717) is 27.2 Å². The largest absolute Gasteiger partial charge is 0.489 e. The molecule has 0 amide bonds. The van der Waals surface area contributed by atoms with Crippen LogP contribution in [-0.4, -0.2) is 30.9 Å². The minimum Gasteiger partial charge on any atom is -0.489 e. The Morgan fingerprint density at radius 1 is 1.05 bits per heavy atom. The maximum atomic E-state index is 13.7. The van der Waals surface area contributed by atoms with E-state index in [1.54, 1.807) is 18.6 Å². The minimum absolute atomic E-state index is 0.124. The highest BCUT2D eigenvalue weighted by molar-refractivity contribution is 7.10. The van der Waals surface area contributed by atoms with Gasteiger partial charge in [0.1, 0.15) is 25.0 Å². The quantitative estimate of drug-likeness (QED) is 0.234. The number of rotatable bonds is 9. The van der Waals surface area contributed by atoms with E-state index < -0.39 is 12.0 Å². The van der Waals surface area contributed by atoms with Crippen LogP contribution in [0.25, 0.3) is 6.08 Å². The summed E-state index contributed by atoms with van der Waals surface area (Å²) < 4.78 is 18.4.